The van der Waals surface area contributed by atoms with Crippen molar-refractivity contribution in [2.24, 2.45) is 5.92 Å². The molecule has 14 heteroatoms. The van der Waals surface area contributed by atoms with Gasteiger partial charge in [-0.05, 0) is 61.9 Å². The van der Waals surface area contributed by atoms with E-state index in [1.54, 1.807) is 23.8 Å². The number of nitrogens with one attached hydrogen (secondary N) is 2. The Bertz CT molecular complexity index is 1450. The van der Waals surface area contributed by atoms with E-state index in [0.29, 0.717) is 42.9 Å². The summed E-state index contributed by atoms with van der Waals surface area (Å²) in [5.74, 6) is -0.414. The van der Waals surface area contributed by atoms with Gasteiger partial charge in [0.25, 0.3) is 0 Å². The van der Waals surface area contributed by atoms with Crippen LogP contribution >= 0.6 is 22.7 Å². The van der Waals surface area contributed by atoms with E-state index < -0.39 is 17.5 Å². The zero-order valence-electron chi connectivity index (χ0n) is 20.7. The van der Waals surface area contributed by atoms with Gasteiger partial charge in [0.2, 0.25) is 11.9 Å². The number of carbonyl (C=O) groups excluding carboxylic acids is 1. The Labute approximate surface area is 229 Å². The van der Waals surface area contributed by atoms with Crippen LogP contribution in [0.3, 0.4) is 0 Å². The van der Waals surface area contributed by atoms with Crippen LogP contribution in [-0.2, 0) is 23.1 Å². The summed E-state index contributed by atoms with van der Waals surface area (Å²) in [5.41, 5.74) is 1.64. The third-order valence-corrected chi connectivity index (χ3v) is 8.41. The van der Waals surface area contributed by atoms with Crippen molar-refractivity contribution in [1.82, 2.24) is 30.5 Å². The molecule has 3 heterocycles. The number of nitrogens with zero attached hydrogens (tertiary/aromatic N) is 5. The molecular formula is C25H24F3N7O2S2. The van der Waals surface area contributed by atoms with Crippen LogP contribution in [0.4, 0.5) is 24.8 Å². The molecule has 1 aromatic carbocycles. The van der Waals surface area contributed by atoms with E-state index in [1.165, 1.54) is 22.7 Å². The summed E-state index contributed by atoms with van der Waals surface area (Å²) in [6.45, 7) is 2.21. The normalized spacial score (nSPS) is 19.6. The highest BCUT2D eigenvalue weighted by molar-refractivity contribution is 7.15. The molecule has 1 aliphatic rings. The van der Waals surface area contributed by atoms with Crippen molar-refractivity contribution in [3.05, 3.63) is 63.4 Å². The minimum Gasteiger partial charge on any atom is -0.383 e. The van der Waals surface area contributed by atoms with Gasteiger partial charge in [-0.2, -0.15) is 13.2 Å². The maximum Gasteiger partial charge on any atom is 0.433 e. The Hall–Kier alpha value is -3.49. The first-order chi connectivity index (χ1) is 18.6. The monoisotopic (exact) mass is 575 g/mol. The second-order valence-electron chi connectivity index (χ2n) is 9.36. The summed E-state index contributed by atoms with van der Waals surface area (Å²) < 4.78 is 39.1. The zero-order chi connectivity index (χ0) is 27.6. The van der Waals surface area contributed by atoms with Crippen LogP contribution in [0, 0.1) is 12.8 Å². The molecule has 4 aromatic rings. The van der Waals surface area contributed by atoms with Gasteiger partial charge in [0.05, 0.1) is 11.4 Å². The lowest BCUT2D eigenvalue weighted by atomic mass is 9.78. The first-order valence-electron chi connectivity index (χ1n) is 12.1. The molecule has 0 unspecified atom stereocenters. The second kappa shape index (κ2) is 10.9. The average molecular weight is 576 g/mol. The maximum absolute atomic E-state index is 13.0. The third kappa shape index (κ3) is 6.40. The van der Waals surface area contributed by atoms with Gasteiger partial charge in [-0.1, -0.05) is 6.07 Å². The van der Waals surface area contributed by atoms with Crippen molar-refractivity contribution in [3.8, 4) is 10.4 Å². The molecule has 0 radical (unpaired) electrons. The summed E-state index contributed by atoms with van der Waals surface area (Å²) in [6, 6.07) is 6.30. The molecule has 1 saturated carbocycles. The lowest BCUT2D eigenvalue weighted by Crippen LogP contribution is -2.38. The highest BCUT2D eigenvalue weighted by Crippen LogP contribution is 2.43. The van der Waals surface area contributed by atoms with Crippen molar-refractivity contribution in [2.75, 3.05) is 5.32 Å². The summed E-state index contributed by atoms with van der Waals surface area (Å²) >= 11 is 2.73. The van der Waals surface area contributed by atoms with Crippen LogP contribution in [0.2, 0.25) is 0 Å². The lowest BCUT2D eigenvalue weighted by molar-refractivity contribution is -0.141. The zero-order valence-corrected chi connectivity index (χ0v) is 22.3. The number of aliphatic hydroxyl groups is 1. The number of rotatable bonds is 7. The van der Waals surface area contributed by atoms with Gasteiger partial charge < -0.3 is 15.7 Å². The number of thiazole rings is 1. The number of aromatic nitrogens is 5. The van der Waals surface area contributed by atoms with Crippen molar-refractivity contribution >= 4 is 40.2 Å². The number of amides is 1. The van der Waals surface area contributed by atoms with Crippen molar-refractivity contribution in [1.29, 1.82) is 0 Å². The van der Waals surface area contributed by atoms with Gasteiger partial charge in [0.1, 0.15) is 26.8 Å². The third-order valence-electron chi connectivity index (χ3n) is 6.47. The smallest absolute Gasteiger partial charge is 0.383 e. The van der Waals surface area contributed by atoms with Gasteiger partial charge in [-0.15, -0.1) is 32.9 Å². The Morgan fingerprint density at radius 1 is 1.21 bits per heavy atom. The van der Waals surface area contributed by atoms with E-state index in [0.717, 1.165) is 33.3 Å². The number of carbonyl (C=O) groups is 1. The molecule has 39 heavy (non-hydrogen) atoms. The number of hydrogen-bond donors (Lipinski definition) is 3. The summed E-state index contributed by atoms with van der Waals surface area (Å²) in [5, 5.41) is 26.1. The Kier molecular flexibility index (Phi) is 7.60. The highest BCUT2D eigenvalue weighted by atomic mass is 32.1. The standard InChI is InChI=1S/C25H24F3N7O2S2/c1-14-8-16(10-17(9-14)33-23-29-7-4-19(34-23)25(26,27)28)18-11-31-22(39-18)24(37)5-2-15(3-6-24)21(36)30-12-20-35-32-13-38-20/h4,7-11,13,15,37H,2-3,5-6,12H2,1H3,(H,30,36)(H,29,33,34)/t15-,24+. The highest BCUT2D eigenvalue weighted by Gasteiger charge is 2.39. The van der Waals surface area contributed by atoms with E-state index in [2.05, 4.69) is 35.8 Å². The van der Waals surface area contributed by atoms with Crippen molar-refractivity contribution < 1.29 is 23.1 Å². The largest absolute Gasteiger partial charge is 0.433 e. The molecule has 0 spiro atoms. The first-order valence-corrected chi connectivity index (χ1v) is 13.8. The van der Waals surface area contributed by atoms with Crippen molar-refractivity contribution in [2.45, 2.75) is 50.9 Å². The molecule has 3 aromatic heterocycles. The maximum atomic E-state index is 13.0. The summed E-state index contributed by atoms with van der Waals surface area (Å²) in [7, 11) is 0. The Morgan fingerprint density at radius 3 is 2.72 bits per heavy atom. The second-order valence-corrected chi connectivity index (χ2v) is 11.3. The molecule has 1 aliphatic carbocycles. The van der Waals surface area contributed by atoms with Gasteiger partial charge in [-0.25, -0.2) is 15.0 Å². The Morgan fingerprint density at radius 2 is 2.00 bits per heavy atom. The quantitative estimate of drug-likeness (QED) is 0.274. The Balaban J connectivity index is 1.25. The summed E-state index contributed by atoms with van der Waals surface area (Å²) in [4.78, 5) is 25.3. The average Bonchev–Trinajstić information content (AvgIpc) is 3.60. The fourth-order valence-corrected chi connectivity index (χ4v) is 5.99. The number of aryl methyl sites for hydroxylation is 1. The molecule has 5 rings (SSSR count). The number of benzene rings is 1. The molecule has 1 fully saturated rings. The molecule has 204 valence electrons. The molecule has 0 aliphatic heterocycles. The van der Waals surface area contributed by atoms with Gasteiger partial charge in [0.15, 0.2) is 0 Å². The fraction of sp³-hybridized carbons (Fsp3) is 0.360. The minimum atomic E-state index is -4.57. The molecule has 1 amide bonds. The number of halogens is 3. The van der Waals surface area contributed by atoms with Crippen LogP contribution in [0.25, 0.3) is 10.4 Å². The topological polar surface area (TPSA) is 126 Å². The number of hydrogen-bond acceptors (Lipinski definition) is 10. The van der Waals surface area contributed by atoms with Gasteiger partial charge >= 0.3 is 6.18 Å². The molecule has 0 atom stereocenters. The van der Waals surface area contributed by atoms with E-state index in [-0.39, 0.29) is 17.8 Å². The van der Waals surface area contributed by atoms with Gasteiger partial charge in [0, 0.05) is 24.0 Å². The van der Waals surface area contributed by atoms with E-state index in [4.69, 9.17) is 0 Å². The fourth-order valence-electron chi connectivity index (χ4n) is 4.48. The molecule has 9 nitrogen and oxygen atoms in total. The number of anilines is 2. The van der Waals surface area contributed by atoms with Crippen LogP contribution < -0.4 is 10.6 Å². The SMILES string of the molecule is Cc1cc(Nc2nccc(C(F)(F)F)n2)cc(-c2cnc([C@]3(O)CC[C@@H](C(=O)NCc4nncs4)CC3)s2)c1. The number of alkyl halides is 3. The predicted molar refractivity (Wildman–Crippen MR) is 140 cm³/mol. The summed E-state index contributed by atoms with van der Waals surface area (Å²) in [6.07, 6.45) is 0.0408. The predicted octanol–water partition coefficient (Wildman–Crippen LogP) is 5.22. The lowest BCUT2D eigenvalue weighted by Gasteiger charge is -2.33. The van der Waals surface area contributed by atoms with Crippen LogP contribution in [0.5, 0.6) is 0 Å². The molecule has 0 bridgehead atoms. The molecule has 0 saturated heterocycles. The molecule has 3 N–H and O–H groups in total. The van der Waals surface area contributed by atoms with E-state index in [9.17, 15) is 23.1 Å². The van der Waals surface area contributed by atoms with Crippen LogP contribution in [-0.4, -0.2) is 36.2 Å². The van der Waals surface area contributed by atoms with Crippen LogP contribution in [0.1, 0.15) is 47.0 Å². The van der Waals surface area contributed by atoms with E-state index in [1.807, 2.05) is 13.0 Å². The first kappa shape index (κ1) is 27.1. The molecular weight excluding hydrogens is 551 g/mol. The van der Waals surface area contributed by atoms with Crippen molar-refractivity contribution in [3.63, 3.8) is 0 Å². The van der Waals surface area contributed by atoms with E-state index >= 15 is 0 Å². The van der Waals surface area contributed by atoms with Gasteiger partial charge in [-0.3, -0.25) is 4.79 Å². The minimum absolute atomic E-state index is 0.0587. The van der Waals surface area contributed by atoms with Crippen LogP contribution in [0.15, 0.2) is 42.2 Å².